The van der Waals surface area contributed by atoms with Gasteiger partial charge in [0, 0.05) is 38.3 Å². The molecule has 1 aliphatic carbocycles. The van der Waals surface area contributed by atoms with Crippen molar-refractivity contribution in [3.8, 4) is 0 Å². The molecule has 4 rings (SSSR count). The van der Waals surface area contributed by atoms with Crippen LogP contribution in [0.25, 0.3) is 0 Å². The summed E-state index contributed by atoms with van der Waals surface area (Å²) in [6, 6.07) is 4.36. The number of aryl methyl sites for hydroxylation is 1. The van der Waals surface area contributed by atoms with Crippen LogP contribution in [0.4, 0.5) is 17.6 Å². The van der Waals surface area contributed by atoms with Gasteiger partial charge in [-0.2, -0.15) is 13.2 Å². The summed E-state index contributed by atoms with van der Waals surface area (Å²) in [6.07, 6.45) is -1.48. The van der Waals surface area contributed by atoms with Crippen LogP contribution in [0.2, 0.25) is 0 Å². The number of carbonyl (C=O) groups is 2. The minimum Gasteiger partial charge on any atom is -0.475 e. The molecule has 31 heavy (non-hydrogen) atoms. The number of aliphatic hydroxyl groups is 1. The summed E-state index contributed by atoms with van der Waals surface area (Å²) < 4.78 is 45.0. The summed E-state index contributed by atoms with van der Waals surface area (Å²) in [4.78, 5) is 26.0. The first-order valence-electron chi connectivity index (χ1n) is 10.2. The first kappa shape index (κ1) is 23.5. The number of alkyl halides is 3. The second kappa shape index (κ2) is 8.74. The molecule has 2 saturated heterocycles. The van der Waals surface area contributed by atoms with Gasteiger partial charge in [-0.05, 0) is 61.8 Å². The van der Waals surface area contributed by atoms with Gasteiger partial charge in [0.15, 0.2) is 0 Å². The zero-order chi connectivity index (χ0) is 23.0. The van der Waals surface area contributed by atoms with Gasteiger partial charge in [-0.15, -0.1) is 0 Å². The van der Waals surface area contributed by atoms with Crippen molar-refractivity contribution in [3.63, 3.8) is 0 Å². The second-order valence-corrected chi connectivity index (χ2v) is 8.75. The fourth-order valence-electron chi connectivity index (χ4n) is 4.41. The number of aliphatic carboxylic acids is 1. The molecule has 0 radical (unpaired) electrons. The maximum absolute atomic E-state index is 13.3. The molecule has 1 atom stereocenters. The van der Waals surface area contributed by atoms with Crippen LogP contribution in [0.15, 0.2) is 18.2 Å². The van der Waals surface area contributed by atoms with E-state index in [4.69, 9.17) is 9.90 Å². The molecule has 1 saturated carbocycles. The lowest BCUT2D eigenvalue weighted by Gasteiger charge is -2.53. The van der Waals surface area contributed by atoms with E-state index in [0.717, 1.165) is 38.5 Å². The Bertz CT molecular complexity index is 835. The SMILES string of the molecule is Cc1cc(F)ccc1C(=O)N1CC2(CC(CO)CN2CC2CC2)C1.O=C(O)C(F)(F)F. The lowest BCUT2D eigenvalue weighted by molar-refractivity contribution is -0.192. The minimum atomic E-state index is -5.08. The lowest BCUT2D eigenvalue weighted by Crippen LogP contribution is -2.69. The summed E-state index contributed by atoms with van der Waals surface area (Å²) in [5.41, 5.74) is 1.34. The van der Waals surface area contributed by atoms with Crippen molar-refractivity contribution < 1.29 is 37.4 Å². The van der Waals surface area contributed by atoms with Crippen LogP contribution in [0.1, 0.15) is 35.2 Å². The van der Waals surface area contributed by atoms with Gasteiger partial charge in [0.05, 0.1) is 5.54 Å². The number of hydrogen-bond acceptors (Lipinski definition) is 4. The molecule has 2 N–H and O–H groups in total. The zero-order valence-electron chi connectivity index (χ0n) is 17.2. The van der Waals surface area contributed by atoms with Crippen molar-refractivity contribution >= 4 is 11.9 Å². The first-order valence-corrected chi connectivity index (χ1v) is 10.2. The van der Waals surface area contributed by atoms with E-state index in [0.29, 0.717) is 17.0 Å². The Kier molecular flexibility index (Phi) is 6.61. The molecule has 1 unspecified atom stereocenters. The van der Waals surface area contributed by atoms with Crippen molar-refractivity contribution in [1.82, 2.24) is 9.80 Å². The van der Waals surface area contributed by atoms with Crippen LogP contribution in [0, 0.1) is 24.6 Å². The molecule has 0 aromatic heterocycles. The Hall–Kier alpha value is -2.20. The van der Waals surface area contributed by atoms with E-state index in [2.05, 4.69) is 4.90 Å². The highest BCUT2D eigenvalue weighted by Crippen LogP contribution is 2.43. The molecule has 1 amide bonds. The van der Waals surface area contributed by atoms with Crippen LogP contribution in [-0.4, -0.2) is 76.4 Å². The molecule has 2 aliphatic heterocycles. The third kappa shape index (κ3) is 5.35. The quantitative estimate of drug-likeness (QED) is 0.696. The molecular weight excluding hydrogens is 420 g/mol. The Morgan fingerprint density at radius 1 is 1.19 bits per heavy atom. The fraction of sp³-hybridized carbons (Fsp3) is 0.619. The van der Waals surface area contributed by atoms with Gasteiger partial charge in [0.2, 0.25) is 0 Å². The van der Waals surface area contributed by atoms with Crippen LogP contribution in [-0.2, 0) is 4.79 Å². The second-order valence-electron chi connectivity index (χ2n) is 8.75. The predicted molar refractivity (Wildman–Crippen MR) is 103 cm³/mol. The van der Waals surface area contributed by atoms with Gasteiger partial charge in [0.1, 0.15) is 5.82 Å². The van der Waals surface area contributed by atoms with Crippen LogP contribution < -0.4 is 0 Å². The number of halogens is 4. The van der Waals surface area contributed by atoms with E-state index < -0.39 is 12.1 Å². The van der Waals surface area contributed by atoms with E-state index in [1.165, 1.54) is 25.0 Å². The fourth-order valence-corrected chi connectivity index (χ4v) is 4.41. The molecule has 2 heterocycles. The third-order valence-electron chi connectivity index (χ3n) is 6.17. The highest BCUT2D eigenvalue weighted by molar-refractivity contribution is 5.96. The van der Waals surface area contributed by atoms with Gasteiger partial charge in [-0.25, -0.2) is 9.18 Å². The number of amides is 1. The van der Waals surface area contributed by atoms with E-state index in [1.807, 2.05) is 4.90 Å². The highest BCUT2D eigenvalue weighted by Gasteiger charge is 2.55. The summed E-state index contributed by atoms with van der Waals surface area (Å²) in [6.45, 7) is 5.52. The average molecular weight is 446 g/mol. The van der Waals surface area contributed by atoms with Crippen molar-refractivity contribution in [2.24, 2.45) is 11.8 Å². The molecule has 1 spiro atoms. The topological polar surface area (TPSA) is 81.1 Å². The highest BCUT2D eigenvalue weighted by atomic mass is 19.4. The smallest absolute Gasteiger partial charge is 0.475 e. The number of carboxylic acid groups (broad SMARTS) is 1. The predicted octanol–water partition coefficient (Wildman–Crippen LogP) is 2.69. The number of likely N-dealkylation sites (tertiary alicyclic amines) is 2. The van der Waals surface area contributed by atoms with Gasteiger partial charge in [0.25, 0.3) is 5.91 Å². The van der Waals surface area contributed by atoms with E-state index in [1.54, 1.807) is 13.0 Å². The Balaban J connectivity index is 0.000000339. The maximum atomic E-state index is 13.3. The number of hydrogen-bond donors (Lipinski definition) is 2. The molecule has 10 heteroatoms. The standard InChI is InChI=1S/C19H25FN2O2.C2HF3O2/c1-13-6-16(20)4-5-17(13)18(24)21-11-19(12-21)7-15(10-23)9-22(19)8-14-2-3-14;3-2(4,5)1(6)7/h4-6,14-15,23H,2-3,7-12H2,1H3;(H,6,7). The summed E-state index contributed by atoms with van der Waals surface area (Å²) in [5, 5.41) is 16.7. The number of aliphatic hydroxyl groups excluding tert-OH is 1. The lowest BCUT2D eigenvalue weighted by atomic mass is 9.83. The Labute approximate surface area is 177 Å². The van der Waals surface area contributed by atoms with E-state index >= 15 is 0 Å². The van der Waals surface area contributed by atoms with E-state index in [9.17, 15) is 27.5 Å². The molecule has 0 bridgehead atoms. The molecule has 3 fully saturated rings. The monoisotopic (exact) mass is 446 g/mol. The molecule has 3 aliphatic rings. The number of nitrogens with zero attached hydrogens (tertiary/aromatic N) is 2. The van der Waals surface area contributed by atoms with Crippen LogP contribution in [0.3, 0.4) is 0 Å². The first-order chi connectivity index (χ1) is 14.4. The van der Waals surface area contributed by atoms with Gasteiger partial charge >= 0.3 is 12.1 Å². The molecule has 6 nitrogen and oxygen atoms in total. The summed E-state index contributed by atoms with van der Waals surface area (Å²) in [5.74, 6) is -1.93. The van der Waals surface area contributed by atoms with Crippen LogP contribution in [0.5, 0.6) is 0 Å². The van der Waals surface area contributed by atoms with Gasteiger partial charge < -0.3 is 15.1 Å². The van der Waals surface area contributed by atoms with Crippen LogP contribution >= 0.6 is 0 Å². The third-order valence-corrected chi connectivity index (χ3v) is 6.17. The van der Waals surface area contributed by atoms with Crippen molar-refractivity contribution in [3.05, 3.63) is 35.1 Å². The normalized spacial score (nSPS) is 22.6. The maximum Gasteiger partial charge on any atom is 0.490 e. The largest absolute Gasteiger partial charge is 0.490 e. The number of carboxylic acids is 1. The Morgan fingerprint density at radius 2 is 1.81 bits per heavy atom. The van der Waals surface area contributed by atoms with Crippen molar-refractivity contribution in [2.45, 2.75) is 37.9 Å². The number of benzene rings is 1. The van der Waals surface area contributed by atoms with E-state index in [-0.39, 0.29) is 23.9 Å². The number of rotatable bonds is 4. The molecule has 1 aromatic rings. The number of carbonyl (C=O) groups excluding carboxylic acids is 1. The van der Waals surface area contributed by atoms with Gasteiger partial charge in [-0.1, -0.05) is 0 Å². The minimum absolute atomic E-state index is 0.00283. The summed E-state index contributed by atoms with van der Waals surface area (Å²) >= 11 is 0. The van der Waals surface area contributed by atoms with Crippen molar-refractivity contribution in [1.29, 1.82) is 0 Å². The zero-order valence-corrected chi connectivity index (χ0v) is 17.2. The van der Waals surface area contributed by atoms with Crippen molar-refractivity contribution in [2.75, 3.05) is 32.8 Å². The average Bonchev–Trinajstić information content (AvgIpc) is 3.38. The Morgan fingerprint density at radius 3 is 2.29 bits per heavy atom. The summed E-state index contributed by atoms with van der Waals surface area (Å²) in [7, 11) is 0. The molecular formula is C21H26F4N2O4. The molecule has 172 valence electrons. The molecule has 1 aromatic carbocycles. The van der Waals surface area contributed by atoms with Gasteiger partial charge in [-0.3, -0.25) is 9.69 Å².